The van der Waals surface area contributed by atoms with Crippen LogP contribution in [0.2, 0.25) is 0 Å². The highest BCUT2D eigenvalue weighted by Gasteiger charge is 2.37. The lowest BCUT2D eigenvalue weighted by Crippen LogP contribution is -2.22. The molecule has 0 spiro atoms. The van der Waals surface area contributed by atoms with Gasteiger partial charge in [-0.05, 0) is 23.8 Å². The van der Waals surface area contributed by atoms with Crippen molar-refractivity contribution >= 4 is 5.69 Å². The van der Waals surface area contributed by atoms with E-state index >= 15 is 0 Å². The van der Waals surface area contributed by atoms with Gasteiger partial charge in [-0.2, -0.15) is 10.5 Å². The Hall–Kier alpha value is -2.52. The predicted molar refractivity (Wildman–Crippen MR) is 75.3 cm³/mol. The van der Waals surface area contributed by atoms with E-state index in [0.29, 0.717) is 0 Å². The Morgan fingerprint density at radius 1 is 1.21 bits per heavy atom. The number of hydrogen-bond donors (Lipinski definition) is 0. The second-order valence-electron chi connectivity index (χ2n) is 5.06. The van der Waals surface area contributed by atoms with Crippen LogP contribution in [0.15, 0.2) is 47.7 Å². The van der Waals surface area contributed by atoms with E-state index < -0.39 is 0 Å². The molecule has 0 fully saturated rings. The Balaban J connectivity index is 2.52. The molecule has 19 heavy (non-hydrogen) atoms. The SMILES string of the molecule is CN1/C(=C\C=C(C#N)C#N)C(C)(C)c2ccccc21. The van der Waals surface area contributed by atoms with Gasteiger partial charge in [-0.1, -0.05) is 32.0 Å². The van der Waals surface area contributed by atoms with Crippen molar-refractivity contribution in [3.8, 4) is 12.1 Å². The van der Waals surface area contributed by atoms with Crippen LogP contribution in [0.5, 0.6) is 0 Å². The van der Waals surface area contributed by atoms with E-state index in [-0.39, 0.29) is 11.0 Å². The van der Waals surface area contributed by atoms with Crippen molar-refractivity contribution < 1.29 is 0 Å². The number of nitriles is 2. The summed E-state index contributed by atoms with van der Waals surface area (Å²) < 4.78 is 0. The molecule has 2 rings (SSSR count). The third kappa shape index (κ3) is 2.00. The van der Waals surface area contributed by atoms with Crippen molar-refractivity contribution in [3.05, 3.63) is 53.3 Å². The second-order valence-corrected chi connectivity index (χ2v) is 5.06. The van der Waals surface area contributed by atoms with Gasteiger partial charge < -0.3 is 4.90 Å². The Morgan fingerprint density at radius 2 is 1.84 bits per heavy atom. The van der Waals surface area contributed by atoms with Gasteiger partial charge in [0, 0.05) is 23.8 Å². The van der Waals surface area contributed by atoms with Gasteiger partial charge >= 0.3 is 0 Å². The molecular weight excluding hydrogens is 234 g/mol. The molecule has 1 aliphatic heterocycles. The maximum atomic E-state index is 8.79. The van der Waals surface area contributed by atoms with Crippen LogP contribution in [-0.4, -0.2) is 7.05 Å². The lowest BCUT2D eigenvalue weighted by molar-refractivity contribution is 0.640. The van der Waals surface area contributed by atoms with Crippen LogP contribution < -0.4 is 4.90 Å². The maximum Gasteiger partial charge on any atom is 0.129 e. The highest BCUT2D eigenvalue weighted by molar-refractivity contribution is 5.70. The Bertz CT molecular complexity index is 635. The summed E-state index contributed by atoms with van der Waals surface area (Å²) in [5.41, 5.74) is 3.50. The van der Waals surface area contributed by atoms with E-state index in [0.717, 1.165) is 5.70 Å². The highest BCUT2D eigenvalue weighted by atomic mass is 15.2. The van der Waals surface area contributed by atoms with Gasteiger partial charge in [-0.25, -0.2) is 0 Å². The summed E-state index contributed by atoms with van der Waals surface area (Å²) in [7, 11) is 2.01. The number of likely N-dealkylation sites (N-methyl/N-ethyl adjacent to an activating group) is 1. The summed E-state index contributed by atoms with van der Waals surface area (Å²) in [6.45, 7) is 4.29. The normalized spacial score (nSPS) is 17.5. The standard InChI is InChI=1S/C16H15N3/c1-16(2)13-6-4-5-7-14(13)19(3)15(16)9-8-12(10-17)11-18/h4-9H,1-3H3/b15-9-. The molecule has 0 amide bonds. The van der Waals surface area contributed by atoms with E-state index in [1.807, 2.05) is 37.4 Å². The Morgan fingerprint density at radius 3 is 2.42 bits per heavy atom. The Labute approximate surface area is 113 Å². The number of fused-ring (bicyclic) bond motifs is 1. The molecule has 3 heteroatoms. The van der Waals surface area contributed by atoms with Crippen LogP contribution in [0.1, 0.15) is 19.4 Å². The van der Waals surface area contributed by atoms with Crippen LogP contribution in [0.4, 0.5) is 5.69 Å². The number of nitrogens with zero attached hydrogens (tertiary/aromatic N) is 3. The van der Waals surface area contributed by atoms with Gasteiger partial charge in [0.05, 0.1) is 0 Å². The van der Waals surface area contributed by atoms with Gasteiger partial charge in [0.2, 0.25) is 0 Å². The molecule has 1 heterocycles. The first-order valence-corrected chi connectivity index (χ1v) is 6.08. The molecule has 0 aromatic heterocycles. The molecule has 0 saturated heterocycles. The topological polar surface area (TPSA) is 50.8 Å². The fourth-order valence-electron chi connectivity index (χ4n) is 2.56. The van der Waals surface area contributed by atoms with Gasteiger partial charge in [0.1, 0.15) is 17.7 Å². The van der Waals surface area contributed by atoms with Crippen molar-refractivity contribution in [2.45, 2.75) is 19.3 Å². The summed E-state index contributed by atoms with van der Waals surface area (Å²) in [6, 6.07) is 12.0. The van der Waals surface area contributed by atoms with Crippen molar-refractivity contribution in [1.29, 1.82) is 10.5 Å². The molecule has 0 unspecified atom stereocenters. The summed E-state index contributed by atoms with van der Waals surface area (Å²) >= 11 is 0. The molecule has 0 N–H and O–H groups in total. The lowest BCUT2D eigenvalue weighted by Gasteiger charge is -2.23. The average Bonchev–Trinajstić information content (AvgIpc) is 2.61. The summed E-state index contributed by atoms with van der Waals surface area (Å²) in [5, 5.41) is 17.6. The van der Waals surface area contributed by atoms with Gasteiger partial charge in [-0.15, -0.1) is 0 Å². The monoisotopic (exact) mass is 249 g/mol. The minimum Gasteiger partial charge on any atom is -0.347 e. The fraction of sp³-hybridized carbons (Fsp3) is 0.250. The maximum absolute atomic E-state index is 8.79. The molecule has 0 aliphatic carbocycles. The summed E-state index contributed by atoms with van der Waals surface area (Å²) in [4.78, 5) is 2.11. The quantitative estimate of drug-likeness (QED) is 0.718. The molecule has 0 atom stereocenters. The molecular formula is C16H15N3. The first-order valence-electron chi connectivity index (χ1n) is 6.08. The minimum atomic E-state index is -0.127. The highest BCUT2D eigenvalue weighted by Crippen LogP contribution is 2.46. The van der Waals surface area contributed by atoms with Crippen molar-refractivity contribution in [3.63, 3.8) is 0 Å². The number of anilines is 1. The molecule has 3 nitrogen and oxygen atoms in total. The summed E-state index contributed by atoms with van der Waals surface area (Å²) in [5.74, 6) is 0. The molecule has 94 valence electrons. The smallest absolute Gasteiger partial charge is 0.129 e. The average molecular weight is 249 g/mol. The zero-order valence-electron chi connectivity index (χ0n) is 11.3. The number of benzene rings is 1. The largest absolute Gasteiger partial charge is 0.347 e. The second kappa shape index (κ2) is 4.63. The van der Waals surface area contributed by atoms with Crippen LogP contribution in [0.25, 0.3) is 0 Å². The first kappa shape index (κ1) is 12.9. The summed E-state index contributed by atoms with van der Waals surface area (Å²) in [6.07, 6.45) is 3.45. The third-order valence-electron chi connectivity index (χ3n) is 3.59. The van der Waals surface area contributed by atoms with Gasteiger partial charge in [0.25, 0.3) is 0 Å². The van der Waals surface area contributed by atoms with Crippen molar-refractivity contribution in [1.82, 2.24) is 0 Å². The van der Waals surface area contributed by atoms with E-state index in [1.165, 1.54) is 11.3 Å². The van der Waals surface area contributed by atoms with Crippen LogP contribution >= 0.6 is 0 Å². The van der Waals surface area contributed by atoms with Crippen LogP contribution in [0, 0.1) is 22.7 Å². The van der Waals surface area contributed by atoms with E-state index in [9.17, 15) is 0 Å². The zero-order valence-corrected chi connectivity index (χ0v) is 11.3. The van der Waals surface area contributed by atoms with Crippen LogP contribution in [0.3, 0.4) is 0 Å². The number of rotatable bonds is 1. The zero-order chi connectivity index (χ0) is 14.0. The number of hydrogen-bond acceptors (Lipinski definition) is 3. The van der Waals surface area contributed by atoms with Crippen molar-refractivity contribution in [2.24, 2.45) is 0 Å². The molecule has 0 bridgehead atoms. The molecule has 1 aromatic carbocycles. The van der Waals surface area contributed by atoms with Gasteiger partial charge in [0.15, 0.2) is 0 Å². The van der Waals surface area contributed by atoms with E-state index in [4.69, 9.17) is 10.5 Å². The minimum absolute atomic E-state index is 0.118. The molecule has 0 saturated carbocycles. The van der Waals surface area contributed by atoms with Crippen molar-refractivity contribution in [2.75, 3.05) is 11.9 Å². The van der Waals surface area contributed by atoms with Gasteiger partial charge in [-0.3, -0.25) is 0 Å². The van der Waals surface area contributed by atoms with Crippen LogP contribution in [-0.2, 0) is 5.41 Å². The molecule has 1 aliphatic rings. The Kier molecular flexibility index (Phi) is 3.15. The number of allylic oxidation sites excluding steroid dienone is 4. The number of para-hydroxylation sites is 1. The van der Waals surface area contributed by atoms with E-state index in [2.05, 4.69) is 30.9 Å². The van der Waals surface area contributed by atoms with E-state index in [1.54, 1.807) is 6.08 Å². The fourth-order valence-corrected chi connectivity index (χ4v) is 2.56. The lowest BCUT2D eigenvalue weighted by atomic mass is 9.84. The first-order chi connectivity index (χ1) is 9.02. The third-order valence-corrected chi connectivity index (χ3v) is 3.59. The predicted octanol–water partition coefficient (Wildman–Crippen LogP) is 3.27. The molecule has 0 radical (unpaired) electrons. The molecule has 1 aromatic rings.